The number of ketones is 1. The van der Waals surface area contributed by atoms with E-state index in [0.29, 0.717) is 17.1 Å². The molecule has 1 aliphatic rings. The van der Waals surface area contributed by atoms with E-state index in [1.54, 1.807) is 6.92 Å². The fourth-order valence-electron chi connectivity index (χ4n) is 1.77. The Morgan fingerprint density at radius 2 is 1.90 bits per heavy atom. The Morgan fingerprint density at radius 3 is 2.00 bits per heavy atom. The lowest BCUT2D eigenvalue weighted by Crippen LogP contribution is -1.96. The van der Waals surface area contributed by atoms with E-state index in [1.165, 1.54) is 0 Å². The molecule has 1 nitrogen and oxygen atoms in total. The topological polar surface area (TPSA) is 17.1 Å². The zero-order valence-electron chi connectivity index (χ0n) is 7.27. The van der Waals surface area contributed by atoms with Crippen molar-refractivity contribution < 1.29 is 4.79 Å². The highest BCUT2D eigenvalue weighted by Crippen LogP contribution is 2.59. The highest BCUT2D eigenvalue weighted by atomic mass is 16.1. The van der Waals surface area contributed by atoms with Gasteiger partial charge in [-0.1, -0.05) is 20.8 Å². The molecule has 0 N–H and O–H groups in total. The van der Waals surface area contributed by atoms with Crippen LogP contribution in [0.25, 0.3) is 0 Å². The van der Waals surface area contributed by atoms with Gasteiger partial charge in [0.1, 0.15) is 5.78 Å². The van der Waals surface area contributed by atoms with Crippen molar-refractivity contribution in [2.24, 2.45) is 17.3 Å². The summed E-state index contributed by atoms with van der Waals surface area (Å²) in [5, 5.41) is 0. The molecule has 10 heavy (non-hydrogen) atoms. The lowest BCUT2D eigenvalue weighted by atomic mass is 10.1. The number of rotatable bonds is 2. The van der Waals surface area contributed by atoms with Crippen molar-refractivity contribution in [3.8, 4) is 0 Å². The highest BCUT2D eigenvalue weighted by Gasteiger charge is 2.54. The molecule has 0 aromatic rings. The molecule has 1 heteroatoms. The smallest absolute Gasteiger partial charge is 0.130 e. The first kappa shape index (κ1) is 7.77. The zero-order valence-corrected chi connectivity index (χ0v) is 7.27. The van der Waals surface area contributed by atoms with Crippen molar-refractivity contribution in [1.29, 1.82) is 0 Å². The van der Waals surface area contributed by atoms with Gasteiger partial charge in [-0.15, -0.1) is 0 Å². The number of carbonyl (C=O) groups is 1. The van der Waals surface area contributed by atoms with Crippen LogP contribution in [-0.2, 0) is 4.79 Å². The predicted octanol–water partition coefficient (Wildman–Crippen LogP) is 2.26. The summed E-state index contributed by atoms with van der Waals surface area (Å²) in [4.78, 5) is 10.7. The molecule has 0 unspecified atom stereocenters. The molecule has 0 aromatic carbocycles. The molecule has 0 saturated heterocycles. The standard InChI is InChI=1S/C9H16O/c1-6(10)5-8-7(2)9(8,3)4/h7-8H,5H2,1-4H3/t7-,8+/m1/s1. The summed E-state index contributed by atoms with van der Waals surface area (Å²) in [5.41, 5.74) is 0.436. The molecule has 1 aliphatic carbocycles. The van der Waals surface area contributed by atoms with Crippen molar-refractivity contribution in [2.75, 3.05) is 0 Å². The largest absolute Gasteiger partial charge is 0.300 e. The van der Waals surface area contributed by atoms with Gasteiger partial charge in [0.2, 0.25) is 0 Å². The van der Waals surface area contributed by atoms with Crippen LogP contribution >= 0.6 is 0 Å². The second-order valence-corrected chi connectivity index (χ2v) is 4.12. The molecule has 0 aliphatic heterocycles. The molecule has 0 radical (unpaired) electrons. The maximum absolute atomic E-state index is 10.7. The second kappa shape index (κ2) is 2.08. The van der Waals surface area contributed by atoms with Gasteiger partial charge in [0.05, 0.1) is 0 Å². The molecule has 1 rings (SSSR count). The molecule has 0 spiro atoms. The molecule has 0 heterocycles. The van der Waals surface area contributed by atoms with Gasteiger partial charge in [0.15, 0.2) is 0 Å². The first-order chi connectivity index (χ1) is 4.46. The van der Waals surface area contributed by atoms with Crippen LogP contribution in [0, 0.1) is 17.3 Å². The zero-order chi connectivity index (χ0) is 7.94. The summed E-state index contributed by atoms with van der Waals surface area (Å²) in [6.45, 7) is 8.39. The van der Waals surface area contributed by atoms with Gasteiger partial charge in [0, 0.05) is 6.42 Å². The van der Waals surface area contributed by atoms with Gasteiger partial charge >= 0.3 is 0 Å². The van der Waals surface area contributed by atoms with Crippen LogP contribution in [0.5, 0.6) is 0 Å². The summed E-state index contributed by atoms with van der Waals surface area (Å²) in [6, 6.07) is 0. The van der Waals surface area contributed by atoms with Crippen molar-refractivity contribution >= 4 is 5.78 Å². The van der Waals surface area contributed by atoms with E-state index in [-0.39, 0.29) is 0 Å². The van der Waals surface area contributed by atoms with Gasteiger partial charge in [-0.3, -0.25) is 0 Å². The third kappa shape index (κ3) is 1.09. The van der Waals surface area contributed by atoms with E-state index in [0.717, 1.165) is 12.3 Å². The normalized spacial score (nSPS) is 35.6. The Morgan fingerprint density at radius 1 is 1.50 bits per heavy atom. The number of carbonyl (C=O) groups excluding carboxylic acids is 1. The van der Waals surface area contributed by atoms with Crippen LogP contribution in [0.1, 0.15) is 34.1 Å². The Bertz CT molecular complexity index is 158. The van der Waals surface area contributed by atoms with Crippen LogP contribution in [0.3, 0.4) is 0 Å². The molecule has 0 amide bonds. The fourth-order valence-corrected chi connectivity index (χ4v) is 1.77. The highest BCUT2D eigenvalue weighted by molar-refractivity contribution is 5.76. The van der Waals surface area contributed by atoms with Crippen LogP contribution in [-0.4, -0.2) is 5.78 Å². The van der Waals surface area contributed by atoms with Crippen LogP contribution in [0.15, 0.2) is 0 Å². The first-order valence-corrected chi connectivity index (χ1v) is 3.95. The summed E-state index contributed by atoms with van der Waals surface area (Å²) in [6.07, 6.45) is 0.786. The van der Waals surface area contributed by atoms with E-state index in [4.69, 9.17) is 0 Å². The minimum atomic E-state index is 0.336. The predicted molar refractivity (Wildman–Crippen MR) is 41.7 cm³/mol. The third-order valence-corrected chi connectivity index (χ3v) is 3.13. The quantitative estimate of drug-likeness (QED) is 0.575. The molecule has 0 bridgehead atoms. The summed E-state index contributed by atoms with van der Waals surface area (Å²) < 4.78 is 0. The molecule has 58 valence electrons. The summed E-state index contributed by atoms with van der Waals surface area (Å²) in [7, 11) is 0. The summed E-state index contributed by atoms with van der Waals surface area (Å²) in [5.74, 6) is 1.74. The molecule has 1 saturated carbocycles. The van der Waals surface area contributed by atoms with E-state index in [9.17, 15) is 4.79 Å². The van der Waals surface area contributed by atoms with Gasteiger partial charge in [-0.2, -0.15) is 0 Å². The van der Waals surface area contributed by atoms with Gasteiger partial charge < -0.3 is 4.79 Å². The van der Waals surface area contributed by atoms with E-state index in [2.05, 4.69) is 20.8 Å². The molecule has 0 aromatic heterocycles. The van der Waals surface area contributed by atoms with Crippen LogP contribution < -0.4 is 0 Å². The lowest BCUT2D eigenvalue weighted by Gasteiger charge is -1.98. The molecular formula is C9H16O. The average Bonchev–Trinajstić information content (AvgIpc) is 2.17. The number of Topliss-reactive ketones (excluding diaryl/α,β-unsaturated/α-hetero) is 1. The van der Waals surface area contributed by atoms with Gasteiger partial charge in [-0.25, -0.2) is 0 Å². The second-order valence-electron chi connectivity index (χ2n) is 4.12. The maximum atomic E-state index is 10.7. The Hall–Kier alpha value is -0.330. The number of hydrogen-bond acceptors (Lipinski definition) is 1. The van der Waals surface area contributed by atoms with Crippen molar-refractivity contribution in [3.05, 3.63) is 0 Å². The Balaban J connectivity index is 2.42. The minimum absolute atomic E-state index is 0.336. The van der Waals surface area contributed by atoms with E-state index in [1.807, 2.05) is 0 Å². The van der Waals surface area contributed by atoms with Gasteiger partial charge in [0.25, 0.3) is 0 Å². The third-order valence-electron chi connectivity index (χ3n) is 3.13. The van der Waals surface area contributed by atoms with E-state index < -0.39 is 0 Å². The van der Waals surface area contributed by atoms with E-state index >= 15 is 0 Å². The van der Waals surface area contributed by atoms with Crippen LogP contribution in [0.4, 0.5) is 0 Å². The van der Waals surface area contributed by atoms with Crippen LogP contribution in [0.2, 0.25) is 0 Å². The van der Waals surface area contributed by atoms with Crippen molar-refractivity contribution in [2.45, 2.75) is 34.1 Å². The van der Waals surface area contributed by atoms with Crippen molar-refractivity contribution in [1.82, 2.24) is 0 Å². The molecular weight excluding hydrogens is 124 g/mol. The average molecular weight is 140 g/mol. The summed E-state index contributed by atoms with van der Waals surface area (Å²) >= 11 is 0. The SMILES string of the molecule is CC(=O)C[C@H]1[C@@H](C)C1(C)C. The Kier molecular flexibility index (Phi) is 1.61. The Labute approximate surface area is 62.8 Å². The first-order valence-electron chi connectivity index (χ1n) is 3.95. The monoisotopic (exact) mass is 140 g/mol. The molecule has 1 fully saturated rings. The molecule has 2 atom stereocenters. The van der Waals surface area contributed by atoms with Crippen molar-refractivity contribution in [3.63, 3.8) is 0 Å². The van der Waals surface area contributed by atoms with Gasteiger partial charge in [-0.05, 0) is 24.2 Å². The maximum Gasteiger partial charge on any atom is 0.130 e. The number of hydrogen-bond donors (Lipinski definition) is 0. The lowest BCUT2D eigenvalue weighted by molar-refractivity contribution is -0.117. The fraction of sp³-hybridized carbons (Fsp3) is 0.889. The minimum Gasteiger partial charge on any atom is -0.300 e.